The molecule has 1 atom stereocenters. The number of nitrogens with one attached hydrogen (secondary N) is 1. The van der Waals surface area contributed by atoms with Gasteiger partial charge in [0.1, 0.15) is 24.1 Å². The number of hydrogen-bond donors (Lipinski definition) is 1. The highest BCUT2D eigenvalue weighted by Crippen LogP contribution is 2.38. The van der Waals surface area contributed by atoms with Crippen LogP contribution < -0.4 is 19.9 Å². The van der Waals surface area contributed by atoms with Crippen molar-refractivity contribution in [2.24, 2.45) is 0 Å². The quantitative estimate of drug-likeness (QED) is 0.548. The van der Waals surface area contributed by atoms with Crippen LogP contribution >= 0.6 is 12.4 Å². The van der Waals surface area contributed by atoms with Crippen molar-refractivity contribution in [2.45, 2.75) is 31.8 Å². The second kappa shape index (κ2) is 11.1. The van der Waals surface area contributed by atoms with E-state index in [1.54, 1.807) is 0 Å². The molecule has 2 fully saturated rings. The number of nitrogens with zero attached hydrogens (tertiary/aromatic N) is 5. The van der Waals surface area contributed by atoms with Gasteiger partial charge in [0.05, 0.1) is 0 Å². The maximum atomic E-state index is 10.3. The minimum atomic E-state index is 0. The van der Waals surface area contributed by atoms with Gasteiger partial charge in [-0.25, -0.2) is 0 Å². The number of aromatic nitrogens is 1. The number of piperazine rings is 1. The van der Waals surface area contributed by atoms with Gasteiger partial charge in [-0.15, -0.1) is 12.4 Å². The summed E-state index contributed by atoms with van der Waals surface area (Å²) in [6, 6.07) is 17.9. The van der Waals surface area contributed by atoms with Gasteiger partial charge < -0.3 is 24.8 Å². The molecule has 0 saturated carbocycles. The third kappa shape index (κ3) is 4.94. The monoisotopic (exact) mass is 518 g/mol. The lowest BCUT2D eigenvalue weighted by atomic mass is 9.94. The third-order valence-corrected chi connectivity index (χ3v) is 8.06. The molecule has 2 aromatic carbocycles. The molecule has 3 aliphatic heterocycles. The molecule has 2 saturated heterocycles. The summed E-state index contributed by atoms with van der Waals surface area (Å²) < 4.78 is 6.36. The Morgan fingerprint density at radius 2 is 1.84 bits per heavy atom. The fourth-order valence-electron chi connectivity index (χ4n) is 6.00. The zero-order valence-corrected chi connectivity index (χ0v) is 22.3. The van der Waals surface area contributed by atoms with Crippen LogP contribution in [0.4, 0.5) is 11.5 Å². The first-order chi connectivity index (χ1) is 17.7. The number of hydrogen-bond acceptors (Lipinski definition) is 7. The van der Waals surface area contributed by atoms with E-state index >= 15 is 0 Å². The van der Waals surface area contributed by atoms with Crippen LogP contribution in [0, 0.1) is 11.3 Å². The fourth-order valence-corrected chi connectivity index (χ4v) is 6.00. The van der Waals surface area contributed by atoms with Crippen LogP contribution in [0.2, 0.25) is 0 Å². The average molecular weight is 519 g/mol. The molecule has 1 N–H and O–H groups in total. The van der Waals surface area contributed by atoms with E-state index in [0.717, 1.165) is 63.5 Å². The highest BCUT2D eigenvalue weighted by atomic mass is 35.5. The first-order valence-electron chi connectivity index (χ1n) is 13.2. The SMILES string of the molecule is CN1CCC[C@H]1COc1nc(N2CCNCC2)c2c(c1C#N)CN(c1cccc3ccccc13)CC2.Cl. The van der Waals surface area contributed by atoms with Gasteiger partial charge in [0.15, 0.2) is 0 Å². The maximum absolute atomic E-state index is 10.3. The first kappa shape index (κ1) is 25.6. The predicted molar refractivity (Wildman–Crippen MR) is 151 cm³/mol. The van der Waals surface area contributed by atoms with Crippen molar-refractivity contribution in [3.8, 4) is 11.9 Å². The van der Waals surface area contributed by atoms with Gasteiger partial charge in [0.25, 0.3) is 0 Å². The van der Waals surface area contributed by atoms with Crippen LogP contribution in [-0.4, -0.2) is 68.8 Å². The number of ether oxygens (including phenoxy) is 1. The Morgan fingerprint density at radius 1 is 1.03 bits per heavy atom. The molecule has 0 radical (unpaired) electrons. The standard InChI is InChI=1S/C29H34N6O.ClH/c1-33-14-5-8-22(33)20-36-29-25(18-30)26-19-35(27-10-4-7-21-6-2-3-9-23(21)27)15-11-24(26)28(32-29)34-16-12-31-13-17-34;/h2-4,6-7,9-10,22,31H,5,8,11-17,19-20H2,1H3;1H/t22-;/m0./s1. The third-order valence-electron chi connectivity index (χ3n) is 8.06. The number of nitriles is 1. The Kier molecular flexibility index (Phi) is 7.71. The first-order valence-corrected chi connectivity index (χ1v) is 13.2. The highest BCUT2D eigenvalue weighted by molar-refractivity contribution is 5.94. The van der Waals surface area contributed by atoms with Gasteiger partial charge >= 0.3 is 0 Å². The van der Waals surface area contributed by atoms with Gasteiger partial charge in [-0.2, -0.15) is 10.2 Å². The average Bonchev–Trinajstić information content (AvgIpc) is 3.35. The molecule has 3 aliphatic rings. The summed E-state index contributed by atoms with van der Waals surface area (Å²) in [5.74, 6) is 1.52. The number of halogens is 1. The van der Waals surface area contributed by atoms with Gasteiger partial charge in [-0.1, -0.05) is 36.4 Å². The lowest BCUT2D eigenvalue weighted by Gasteiger charge is -2.36. The number of likely N-dealkylation sites (N-methyl/N-ethyl adjacent to an activating group) is 1. The molecular formula is C29H35ClN6O. The summed E-state index contributed by atoms with van der Waals surface area (Å²) in [4.78, 5) is 12.2. The summed E-state index contributed by atoms with van der Waals surface area (Å²) in [7, 11) is 2.15. The molecule has 0 bridgehead atoms. The highest BCUT2D eigenvalue weighted by Gasteiger charge is 2.30. The molecule has 0 spiro atoms. The molecule has 4 heterocycles. The summed E-state index contributed by atoms with van der Waals surface area (Å²) in [5, 5.41) is 16.3. The van der Waals surface area contributed by atoms with Crippen LogP contribution in [0.15, 0.2) is 42.5 Å². The zero-order chi connectivity index (χ0) is 24.5. The number of likely N-dealkylation sites (tertiary alicyclic amines) is 1. The summed E-state index contributed by atoms with van der Waals surface area (Å²) in [6.07, 6.45) is 3.19. The largest absolute Gasteiger partial charge is 0.475 e. The number of fused-ring (bicyclic) bond motifs is 2. The Labute approximate surface area is 225 Å². The predicted octanol–water partition coefficient (Wildman–Crippen LogP) is 3.97. The second-order valence-corrected chi connectivity index (χ2v) is 10.2. The molecule has 1 aromatic heterocycles. The number of anilines is 2. The van der Waals surface area contributed by atoms with E-state index in [-0.39, 0.29) is 12.4 Å². The summed E-state index contributed by atoms with van der Waals surface area (Å²) >= 11 is 0. The maximum Gasteiger partial charge on any atom is 0.234 e. The van der Waals surface area contributed by atoms with E-state index in [2.05, 4.69) is 75.6 Å². The molecule has 37 heavy (non-hydrogen) atoms. The van der Waals surface area contributed by atoms with Crippen molar-refractivity contribution in [2.75, 3.05) is 62.7 Å². The van der Waals surface area contributed by atoms with Gasteiger partial charge in [-0.3, -0.25) is 0 Å². The minimum absolute atomic E-state index is 0. The summed E-state index contributed by atoms with van der Waals surface area (Å²) in [6.45, 7) is 7.00. The van der Waals surface area contributed by atoms with Gasteiger partial charge in [0.2, 0.25) is 5.88 Å². The van der Waals surface area contributed by atoms with Crippen molar-refractivity contribution in [1.29, 1.82) is 5.26 Å². The van der Waals surface area contributed by atoms with Crippen molar-refractivity contribution in [1.82, 2.24) is 15.2 Å². The van der Waals surface area contributed by atoms with E-state index in [9.17, 15) is 5.26 Å². The normalized spacial score (nSPS) is 19.8. The second-order valence-electron chi connectivity index (χ2n) is 10.2. The summed E-state index contributed by atoms with van der Waals surface area (Å²) in [5.41, 5.74) is 4.12. The van der Waals surface area contributed by atoms with Crippen molar-refractivity contribution in [3.63, 3.8) is 0 Å². The molecule has 7 nitrogen and oxygen atoms in total. The van der Waals surface area contributed by atoms with Crippen LogP contribution in [0.5, 0.6) is 5.88 Å². The number of benzene rings is 2. The molecule has 6 rings (SSSR count). The van der Waals surface area contributed by atoms with Gasteiger partial charge in [-0.05, 0) is 44.3 Å². The topological polar surface area (TPSA) is 67.7 Å². The smallest absolute Gasteiger partial charge is 0.234 e. The minimum Gasteiger partial charge on any atom is -0.475 e. The van der Waals surface area contributed by atoms with E-state index in [0.29, 0.717) is 30.6 Å². The van der Waals surface area contributed by atoms with E-state index in [1.807, 2.05) is 0 Å². The van der Waals surface area contributed by atoms with Crippen molar-refractivity contribution < 1.29 is 4.74 Å². The number of rotatable bonds is 5. The lowest BCUT2D eigenvalue weighted by Crippen LogP contribution is -2.45. The molecule has 0 aliphatic carbocycles. The van der Waals surface area contributed by atoms with E-state index in [1.165, 1.54) is 28.4 Å². The Hall–Kier alpha value is -3.05. The van der Waals surface area contributed by atoms with Crippen LogP contribution in [-0.2, 0) is 13.0 Å². The Bertz CT molecular complexity index is 1300. The fraction of sp³-hybridized carbons (Fsp3) is 0.448. The molecule has 194 valence electrons. The lowest BCUT2D eigenvalue weighted by molar-refractivity contribution is 0.193. The zero-order valence-electron chi connectivity index (χ0n) is 21.4. The molecular weight excluding hydrogens is 484 g/mol. The van der Waals surface area contributed by atoms with Crippen LogP contribution in [0.1, 0.15) is 29.5 Å². The van der Waals surface area contributed by atoms with Crippen LogP contribution in [0.25, 0.3) is 10.8 Å². The van der Waals surface area contributed by atoms with E-state index < -0.39 is 0 Å². The van der Waals surface area contributed by atoms with Gasteiger partial charge in [0, 0.05) is 67.5 Å². The molecule has 0 unspecified atom stereocenters. The van der Waals surface area contributed by atoms with Crippen molar-refractivity contribution >= 4 is 34.7 Å². The van der Waals surface area contributed by atoms with Crippen molar-refractivity contribution in [3.05, 3.63) is 59.2 Å². The Balaban J connectivity index is 0.00000280. The van der Waals surface area contributed by atoms with Crippen LogP contribution in [0.3, 0.4) is 0 Å². The molecule has 0 amide bonds. The molecule has 3 aromatic rings. The Morgan fingerprint density at radius 3 is 2.62 bits per heavy atom. The number of pyridine rings is 1. The van der Waals surface area contributed by atoms with E-state index in [4.69, 9.17) is 9.72 Å². The molecule has 8 heteroatoms.